The molecule has 0 saturated heterocycles. The number of benzene rings is 1. The van der Waals surface area contributed by atoms with Crippen molar-refractivity contribution in [3.05, 3.63) is 23.8 Å². The van der Waals surface area contributed by atoms with Crippen LogP contribution in [0.25, 0.3) is 0 Å². The van der Waals surface area contributed by atoms with Crippen LogP contribution in [0.1, 0.15) is 0 Å². The summed E-state index contributed by atoms with van der Waals surface area (Å²) in [5.74, 6) is -1.96. The van der Waals surface area contributed by atoms with E-state index in [0.29, 0.717) is 0 Å². The summed E-state index contributed by atoms with van der Waals surface area (Å²) in [7, 11) is 0. The van der Waals surface area contributed by atoms with E-state index in [2.05, 4.69) is 0 Å². The quantitative estimate of drug-likeness (QED) is 0.652. The first-order chi connectivity index (χ1) is 4.61. The fourth-order valence-electron chi connectivity index (χ4n) is 0.578. The van der Waals surface area contributed by atoms with Gasteiger partial charge in [-0.2, -0.15) is 0 Å². The molecule has 1 aromatic rings. The van der Waals surface area contributed by atoms with Gasteiger partial charge in [0.25, 0.3) is 0 Å². The molecule has 70 valence electrons. The topological polar surface area (TPSA) is 52.0 Å². The molecular formula is C6H8Cl2F2N2. The third-order valence-electron chi connectivity index (χ3n) is 1.13. The molecule has 0 aliphatic heterocycles. The lowest BCUT2D eigenvalue weighted by atomic mass is 10.2. The van der Waals surface area contributed by atoms with Crippen molar-refractivity contribution >= 4 is 36.2 Å². The zero-order valence-electron chi connectivity index (χ0n) is 5.88. The van der Waals surface area contributed by atoms with Gasteiger partial charge in [0.05, 0.1) is 11.4 Å². The smallest absolute Gasteiger partial charge is 0.161 e. The van der Waals surface area contributed by atoms with E-state index in [1.54, 1.807) is 0 Å². The van der Waals surface area contributed by atoms with Crippen molar-refractivity contribution in [3.8, 4) is 0 Å². The third kappa shape index (κ3) is 2.71. The van der Waals surface area contributed by atoms with Gasteiger partial charge in [-0.05, 0) is 0 Å². The van der Waals surface area contributed by atoms with Crippen molar-refractivity contribution in [2.24, 2.45) is 0 Å². The van der Waals surface area contributed by atoms with Gasteiger partial charge in [-0.1, -0.05) is 0 Å². The molecule has 1 aromatic carbocycles. The molecule has 0 atom stereocenters. The van der Waals surface area contributed by atoms with E-state index in [4.69, 9.17) is 11.5 Å². The minimum absolute atomic E-state index is 0. The molecule has 0 amide bonds. The summed E-state index contributed by atoms with van der Waals surface area (Å²) in [5.41, 5.74) is 10.4. The van der Waals surface area contributed by atoms with E-state index in [9.17, 15) is 8.78 Å². The standard InChI is InChI=1S/C6H6F2N2.2ClH/c7-3-1-5(9)6(10)2-4(3)8;;/h1-2H,9-10H2;2*1H. The third-order valence-corrected chi connectivity index (χ3v) is 1.13. The Hall–Kier alpha value is -0.740. The van der Waals surface area contributed by atoms with Crippen LogP contribution in [0.5, 0.6) is 0 Å². The molecule has 0 fully saturated rings. The second-order valence-electron chi connectivity index (χ2n) is 1.90. The van der Waals surface area contributed by atoms with Gasteiger partial charge >= 0.3 is 0 Å². The molecule has 1 rings (SSSR count). The van der Waals surface area contributed by atoms with Crippen LogP contribution in [-0.4, -0.2) is 0 Å². The van der Waals surface area contributed by atoms with Crippen molar-refractivity contribution in [3.63, 3.8) is 0 Å². The van der Waals surface area contributed by atoms with Crippen LogP contribution >= 0.6 is 24.8 Å². The van der Waals surface area contributed by atoms with Crippen LogP contribution in [0.3, 0.4) is 0 Å². The molecule has 0 aliphatic carbocycles. The molecule has 6 heteroatoms. The summed E-state index contributed by atoms with van der Waals surface area (Å²) in [4.78, 5) is 0. The molecule has 0 saturated carbocycles. The van der Waals surface area contributed by atoms with E-state index in [0.717, 1.165) is 12.1 Å². The molecular weight excluding hydrogens is 209 g/mol. The fraction of sp³-hybridized carbons (Fsp3) is 0. The highest BCUT2D eigenvalue weighted by Crippen LogP contribution is 2.17. The van der Waals surface area contributed by atoms with Crippen molar-refractivity contribution < 1.29 is 8.78 Å². The normalized spacial score (nSPS) is 8.17. The van der Waals surface area contributed by atoms with Crippen LogP contribution in [0.2, 0.25) is 0 Å². The van der Waals surface area contributed by atoms with Gasteiger partial charge in [0.15, 0.2) is 11.6 Å². The minimum Gasteiger partial charge on any atom is -0.397 e. The lowest BCUT2D eigenvalue weighted by Gasteiger charge is -1.98. The largest absolute Gasteiger partial charge is 0.397 e. The van der Waals surface area contributed by atoms with E-state index < -0.39 is 11.6 Å². The first-order valence-electron chi connectivity index (χ1n) is 2.61. The predicted molar refractivity (Wildman–Crippen MR) is 49.7 cm³/mol. The second kappa shape index (κ2) is 5.00. The van der Waals surface area contributed by atoms with Crippen molar-refractivity contribution in [2.45, 2.75) is 0 Å². The molecule has 0 bridgehead atoms. The summed E-state index contributed by atoms with van der Waals surface area (Å²) < 4.78 is 24.5. The lowest BCUT2D eigenvalue weighted by Crippen LogP contribution is -1.97. The predicted octanol–water partition coefficient (Wildman–Crippen LogP) is 1.97. The molecule has 0 aromatic heterocycles. The molecule has 0 spiro atoms. The van der Waals surface area contributed by atoms with Crippen molar-refractivity contribution in [1.82, 2.24) is 0 Å². The van der Waals surface area contributed by atoms with Crippen LogP contribution in [-0.2, 0) is 0 Å². The number of halogens is 4. The van der Waals surface area contributed by atoms with E-state index in [1.807, 2.05) is 0 Å². The molecule has 2 nitrogen and oxygen atoms in total. The number of hydrogen-bond acceptors (Lipinski definition) is 2. The fourth-order valence-corrected chi connectivity index (χ4v) is 0.578. The Morgan fingerprint density at radius 3 is 1.33 bits per heavy atom. The highest BCUT2D eigenvalue weighted by atomic mass is 35.5. The number of hydrogen-bond donors (Lipinski definition) is 2. The maximum absolute atomic E-state index is 12.2. The van der Waals surface area contributed by atoms with E-state index in [-0.39, 0.29) is 36.2 Å². The Kier molecular flexibility index (Phi) is 5.76. The number of rotatable bonds is 0. The van der Waals surface area contributed by atoms with Crippen molar-refractivity contribution in [1.29, 1.82) is 0 Å². The Labute approximate surface area is 80.7 Å². The summed E-state index contributed by atoms with van der Waals surface area (Å²) in [6.45, 7) is 0. The Bertz CT molecular complexity index is 218. The summed E-state index contributed by atoms with van der Waals surface area (Å²) in [5, 5.41) is 0. The van der Waals surface area contributed by atoms with Crippen LogP contribution in [0.15, 0.2) is 12.1 Å². The van der Waals surface area contributed by atoms with E-state index >= 15 is 0 Å². The molecule has 4 N–H and O–H groups in total. The van der Waals surface area contributed by atoms with Gasteiger partial charge in [-0.15, -0.1) is 24.8 Å². The lowest BCUT2D eigenvalue weighted by molar-refractivity contribution is 0.510. The van der Waals surface area contributed by atoms with Gasteiger partial charge < -0.3 is 11.5 Å². The monoisotopic (exact) mass is 216 g/mol. The van der Waals surface area contributed by atoms with Gasteiger partial charge in [0.2, 0.25) is 0 Å². The molecule has 0 unspecified atom stereocenters. The van der Waals surface area contributed by atoms with Crippen LogP contribution in [0, 0.1) is 11.6 Å². The van der Waals surface area contributed by atoms with Gasteiger partial charge in [-0.3, -0.25) is 0 Å². The Morgan fingerprint density at radius 2 is 1.08 bits per heavy atom. The van der Waals surface area contributed by atoms with Gasteiger partial charge in [-0.25, -0.2) is 8.78 Å². The average Bonchev–Trinajstić information content (AvgIpc) is 1.84. The minimum atomic E-state index is -0.980. The maximum atomic E-state index is 12.2. The number of anilines is 2. The van der Waals surface area contributed by atoms with Crippen LogP contribution in [0.4, 0.5) is 20.2 Å². The molecule has 12 heavy (non-hydrogen) atoms. The van der Waals surface area contributed by atoms with Gasteiger partial charge in [0, 0.05) is 12.1 Å². The zero-order chi connectivity index (χ0) is 7.72. The van der Waals surface area contributed by atoms with Crippen molar-refractivity contribution in [2.75, 3.05) is 11.5 Å². The number of nitrogens with two attached hydrogens (primary N) is 2. The number of nitrogen functional groups attached to an aromatic ring is 2. The SMILES string of the molecule is Cl.Cl.Nc1cc(F)c(F)cc1N. The Morgan fingerprint density at radius 1 is 0.833 bits per heavy atom. The first-order valence-corrected chi connectivity index (χ1v) is 2.61. The summed E-state index contributed by atoms with van der Waals surface area (Å²) >= 11 is 0. The zero-order valence-corrected chi connectivity index (χ0v) is 7.51. The molecule has 0 aliphatic rings. The molecule has 0 radical (unpaired) electrons. The highest BCUT2D eigenvalue weighted by molar-refractivity contribution is 5.85. The van der Waals surface area contributed by atoms with E-state index in [1.165, 1.54) is 0 Å². The molecule has 0 heterocycles. The maximum Gasteiger partial charge on any atom is 0.161 e. The summed E-state index contributed by atoms with van der Waals surface area (Å²) in [6.07, 6.45) is 0. The summed E-state index contributed by atoms with van der Waals surface area (Å²) in [6, 6.07) is 1.70. The average molecular weight is 217 g/mol. The van der Waals surface area contributed by atoms with Gasteiger partial charge in [0.1, 0.15) is 0 Å². The van der Waals surface area contributed by atoms with Crippen LogP contribution < -0.4 is 11.5 Å². The highest BCUT2D eigenvalue weighted by Gasteiger charge is 2.03. The Balaban J connectivity index is 0. The first kappa shape index (κ1) is 13.8. The second-order valence-corrected chi connectivity index (χ2v) is 1.90.